The molecule has 1 N–H and O–H groups in total. The molecule has 28 heavy (non-hydrogen) atoms. The number of nitrogens with one attached hydrogen (secondary N) is 1. The number of rotatable bonds is 2. The summed E-state index contributed by atoms with van der Waals surface area (Å²) >= 11 is 0. The van der Waals surface area contributed by atoms with Crippen LogP contribution in [-0.4, -0.2) is 33.4 Å². The predicted molar refractivity (Wildman–Crippen MR) is 111 cm³/mol. The maximum Gasteiger partial charge on any atom is 0.247 e. The molecule has 0 spiro atoms. The number of carbonyl (C=O) groups is 1. The van der Waals surface area contributed by atoms with E-state index in [4.69, 9.17) is 4.98 Å². The Morgan fingerprint density at radius 2 is 1.82 bits per heavy atom. The molecule has 0 saturated heterocycles. The number of pyridine rings is 1. The molecule has 2 aromatic heterocycles. The van der Waals surface area contributed by atoms with Crippen molar-refractivity contribution in [2.45, 2.75) is 64.8 Å². The van der Waals surface area contributed by atoms with Crippen LogP contribution in [0.25, 0.3) is 11.3 Å². The highest BCUT2D eigenvalue weighted by Gasteiger charge is 2.34. The molecule has 1 aliphatic carbocycles. The Kier molecular flexibility index (Phi) is 4.81. The van der Waals surface area contributed by atoms with Gasteiger partial charge < -0.3 is 5.32 Å². The highest BCUT2D eigenvalue weighted by atomic mass is 16.2. The lowest BCUT2D eigenvalue weighted by atomic mass is 9.86. The normalized spacial score (nSPS) is 22.6. The van der Waals surface area contributed by atoms with Crippen molar-refractivity contribution in [3.05, 3.63) is 30.2 Å². The van der Waals surface area contributed by atoms with E-state index in [1.54, 1.807) is 6.20 Å². The summed E-state index contributed by atoms with van der Waals surface area (Å²) in [6, 6.07) is 4.30. The fraction of sp³-hybridized carbons (Fsp3) is 0.545. The summed E-state index contributed by atoms with van der Waals surface area (Å²) in [6.45, 7) is 9.01. The second-order valence-corrected chi connectivity index (χ2v) is 9.14. The van der Waals surface area contributed by atoms with Gasteiger partial charge >= 0.3 is 0 Å². The Hall–Kier alpha value is -2.50. The number of aromatic nitrogens is 3. The summed E-state index contributed by atoms with van der Waals surface area (Å²) in [7, 11) is 0. The maximum atomic E-state index is 12.7. The van der Waals surface area contributed by atoms with Crippen LogP contribution in [0.2, 0.25) is 0 Å². The Morgan fingerprint density at radius 3 is 2.46 bits per heavy atom. The van der Waals surface area contributed by atoms with Crippen LogP contribution in [0.4, 0.5) is 11.6 Å². The molecule has 1 fully saturated rings. The first kappa shape index (κ1) is 18.8. The van der Waals surface area contributed by atoms with Gasteiger partial charge in [0.25, 0.3) is 0 Å². The molecule has 2 aromatic rings. The van der Waals surface area contributed by atoms with E-state index < -0.39 is 0 Å². The lowest BCUT2D eigenvalue weighted by Gasteiger charge is -2.38. The summed E-state index contributed by atoms with van der Waals surface area (Å²) in [5.41, 5.74) is 2.71. The fourth-order valence-electron chi connectivity index (χ4n) is 4.04. The van der Waals surface area contributed by atoms with Gasteiger partial charge in [-0.25, -0.2) is 9.97 Å². The minimum Gasteiger partial charge on any atom is -0.358 e. The topological polar surface area (TPSA) is 71.0 Å². The van der Waals surface area contributed by atoms with Gasteiger partial charge in [0.05, 0.1) is 18.4 Å². The first-order valence-electron chi connectivity index (χ1n) is 10.2. The van der Waals surface area contributed by atoms with Crippen LogP contribution >= 0.6 is 0 Å². The van der Waals surface area contributed by atoms with E-state index in [-0.39, 0.29) is 23.9 Å². The van der Waals surface area contributed by atoms with E-state index in [1.807, 2.05) is 23.2 Å². The Balaban J connectivity index is 1.67. The van der Waals surface area contributed by atoms with Crippen molar-refractivity contribution in [3.8, 4) is 11.3 Å². The zero-order chi connectivity index (χ0) is 19.9. The van der Waals surface area contributed by atoms with Crippen LogP contribution in [0.15, 0.2) is 24.5 Å². The van der Waals surface area contributed by atoms with Crippen LogP contribution in [0.5, 0.6) is 0 Å². The van der Waals surface area contributed by atoms with E-state index in [1.165, 1.54) is 0 Å². The predicted octanol–water partition coefficient (Wildman–Crippen LogP) is 4.17. The van der Waals surface area contributed by atoms with Crippen LogP contribution < -0.4 is 10.2 Å². The van der Waals surface area contributed by atoms with Gasteiger partial charge in [0.1, 0.15) is 0 Å². The monoisotopic (exact) mass is 379 g/mol. The Morgan fingerprint density at radius 1 is 1.07 bits per heavy atom. The SMILES string of the molecule is CC1CCC(N2C(=O)CNc3ncc(-c4ccc(C(C)(C)C)nc4)nc32)CC1. The third-order valence-electron chi connectivity index (χ3n) is 5.84. The summed E-state index contributed by atoms with van der Waals surface area (Å²) in [6.07, 6.45) is 7.98. The summed E-state index contributed by atoms with van der Waals surface area (Å²) in [5, 5.41) is 3.12. The minimum atomic E-state index is 0.00528. The fourth-order valence-corrected chi connectivity index (χ4v) is 4.04. The van der Waals surface area contributed by atoms with Crippen molar-refractivity contribution in [2.75, 3.05) is 16.8 Å². The van der Waals surface area contributed by atoms with E-state index >= 15 is 0 Å². The third-order valence-corrected chi connectivity index (χ3v) is 5.84. The van der Waals surface area contributed by atoms with Crippen molar-refractivity contribution in [3.63, 3.8) is 0 Å². The van der Waals surface area contributed by atoms with Crippen LogP contribution in [0, 0.1) is 5.92 Å². The molecule has 0 bridgehead atoms. The second kappa shape index (κ2) is 7.15. The number of anilines is 2. The smallest absolute Gasteiger partial charge is 0.247 e. The van der Waals surface area contributed by atoms with Gasteiger partial charge in [-0.15, -0.1) is 0 Å². The first-order chi connectivity index (χ1) is 13.3. The molecule has 4 rings (SSSR count). The Bertz CT molecular complexity index is 863. The van der Waals surface area contributed by atoms with Gasteiger partial charge in [0, 0.05) is 28.9 Å². The van der Waals surface area contributed by atoms with E-state index in [2.05, 4.69) is 43.0 Å². The molecule has 0 unspecified atom stereocenters. The van der Waals surface area contributed by atoms with E-state index in [0.717, 1.165) is 48.6 Å². The molecule has 0 aromatic carbocycles. The molecule has 2 aliphatic rings. The molecule has 3 heterocycles. The number of hydrogen-bond donors (Lipinski definition) is 1. The Labute approximate surface area is 166 Å². The van der Waals surface area contributed by atoms with Crippen molar-refractivity contribution in [2.24, 2.45) is 5.92 Å². The van der Waals surface area contributed by atoms with E-state index in [9.17, 15) is 4.79 Å². The number of carbonyl (C=O) groups excluding carboxylic acids is 1. The zero-order valence-corrected chi connectivity index (χ0v) is 17.2. The molecular weight excluding hydrogens is 350 g/mol. The van der Waals surface area contributed by atoms with Crippen molar-refractivity contribution >= 4 is 17.5 Å². The van der Waals surface area contributed by atoms with Crippen LogP contribution in [-0.2, 0) is 10.2 Å². The number of amides is 1. The average Bonchev–Trinajstić information content (AvgIpc) is 2.68. The van der Waals surface area contributed by atoms with Crippen molar-refractivity contribution < 1.29 is 4.79 Å². The van der Waals surface area contributed by atoms with Crippen molar-refractivity contribution in [1.29, 1.82) is 0 Å². The van der Waals surface area contributed by atoms with Crippen molar-refractivity contribution in [1.82, 2.24) is 15.0 Å². The maximum absolute atomic E-state index is 12.7. The van der Waals surface area contributed by atoms with Gasteiger partial charge in [0.2, 0.25) is 5.91 Å². The molecular formula is C22H29N5O. The van der Waals surface area contributed by atoms with Gasteiger partial charge in [-0.3, -0.25) is 14.7 Å². The van der Waals surface area contributed by atoms with E-state index in [0.29, 0.717) is 11.6 Å². The third kappa shape index (κ3) is 3.60. The number of nitrogens with zero attached hydrogens (tertiary/aromatic N) is 4. The minimum absolute atomic E-state index is 0.00528. The average molecular weight is 380 g/mol. The highest BCUT2D eigenvalue weighted by molar-refractivity contribution is 6.01. The summed E-state index contributed by atoms with van der Waals surface area (Å²) in [4.78, 5) is 28.6. The molecule has 1 saturated carbocycles. The van der Waals surface area contributed by atoms with Crippen LogP contribution in [0.1, 0.15) is 59.1 Å². The van der Waals surface area contributed by atoms with Crippen LogP contribution in [0.3, 0.4) is 0 Å². The van der Waals surface area contributed by atoms with Gasteiger partial charge in [-0.1, -0.05) is 27.7 Å². The molecule has 148 valence electrons. The second-order valence-electron chi connectivity index (χ2n) is 9.14. The molecule has 0 atom stereocenters. The molecule has 6 heteroatoms. The number of hydrogen-bond acceptors (Lipinski definition) is 5. The quantitative estimate of drug-likeness (QED) is 0.848. The summed E-state index contributed by atoms with van der Waals surface area (Å²) in [5.74, 6) is 2.17. The van der Waals surface area contributed by atoms with Gasteiger partial charge in [0.15, 0.2) is 11.6 Å². The highest BCUT2D eigenvalue weighted by Crippen LogP contribution is 2.35. The molecule has 6 nitrogen and oxygen atoms in total. The lowest BCUT2D eigenvalue weighted by Crippen LogP contribution is -2.48. The van der Waals surface area contributed by atoms with Gasteiger partial charge in [-0.05, 0) is 43.7 Å². The van der Waals surface area contributed by atoms with Gasteiger partial charge in [-0.2, -0.15) is 0 Å². The first-order valence-corrected chi connectivity index (χ1v) is 10.2. The number of fused-ring (bicyclic) bond motifs is 1. The molecule has 1 aliphatic heterocycles. The molecule has 1 amide bonds. The largest absolute Gasteiger partial charge is 0.358 e. The molecule has 0 radical (unpaired) electrons. The lowest BCUT2D eigenvalue weighted by molar-refractivity contribution is -0.117. The standard InChI is InChI=1S/C22H29N5O/c1-14-5-8-16(9-6-14)27-19(28)13-25-20-21(27)26-17(12-24-20)15-7-10-18(23-11-15)22(2,3)4/h7,10-12,14,16H,5-6,8-9,13H2,1-4H3,(H,24,25). The summed E-state index contributed by atoms with van der Waals surface area (Å²) < 4.78 is 0. The zero-order valence-electron chi connectivity index (χ0n) is 17.2.